The normalized spacial score (nSPS) is 9.75. The maximum atomic E-state index is 3.83. The average molecular weight is 159 g/mol. The van der Waals surface area contributed by atoms with E-state index in [4.69, 9.17) is 0 Å². The molecule has 0 bridgehead atoms. The van der Waals surface area contributed by atoms with Crippen molar-refractivity contribution >= 4 is 6.08 Å². The number of hydrogen-bond donors (Lipinski definition) is 0. The van der Waals surface area contributed by atoms with Gasteiger partial charge in [-0.1, -0.05) is 50.3 Å². The number of benzene rings is 1. The first-order valence-electron chi connectivity index (χ1n) is 4.38. The lowest BCUT2D eigenvalue weighted by Gasteiger charge is -2.03. The highest BCUT2D eigenvalue weighted by Gasteiger charge is 1.95. The zero-order valence-corrected chi connectivity index (χ0v) is 7.42. The Bertz CT molecular complexity index is 248. The van der Waals surface area contributed by atoms with E-state index in [0.717, 1.165) is 19.3 Å². The predicted molar refractivity (Wildman–Crippen MR) is 54.8 cm³/mol. The summed E-state index contributed by atoms with van der Waals surface area (Å²) >= 11 is 0. The van der Waals surface area contributed by atoms with E-state index in [1.54, 1.807) is 0 Å². The van der Waals surface area contributed by atoms with Crippen molar-refractivity contribution in [3.05, 3.63) is 48.9 Å². The Morgan fingerprint density at radius 1 is 1.25 bits per heavy atom. The molecule has 0 heterocycles. The van der Waals surface area contributed by atoms with E-state index >= 15 is 0 Å². The molecule has 0 heteroatoms. The predicted octanol–water partition coefficient (Wildman–Crippen LogP) is 3.49. The Morgan fingerprint density at radius 3 is 2.67 bits per heavy atom. The van der Waals surface area contributed by atoms with Gasteiger partial charge in [-0.25, -0.2) is 0 Å². The van der Waals surface area contributed by atoms with Gasteiger partial charge in [-0.05, 0) is 24.0 Å². The Kier molecular flexibility index (Phi) is 3.59. The summed E-state index contributed by atoms with van der Waals surface area (Å²) in [6.07, 6.45) is 5.19. The fraction of sp³-hybridized carbons (Fsp3) is 0.250. The molecule has 1 radical (unpaired) electrons. The number of aryl methyl sites for hydroxylation is 1. The molecule has 0 aliphatic carbocycles. The highest BCUT2D eigenvalue weighted by molar-refractivity contribution is 5.51. The van der Waals surface area contributed by atoms with Crippen molar-refractivity contribution in [2.45, 2.75) is 19.3 Å². The molecule has 1 aromatic carbocycles. The van der Waals surface area contributed by atoms with Crippen LogP contribution in [0, 0.1) is 6.92 Å². The molecule has 0 spiro atoms. The Morgan fingerprint density at radius 2 is 2.00 bits per heavy atom. The van der Waals surface area contributed by atoms with E-state index in [1.165, 1.54) is 11.1 Å². The van der Waals surface area contributed by atoms with Crippen molar-refractivity contribution in [1.29, 1.82) is 0 Å². The van der Waals surface area contributed by atoms with Gasteiger partial charge in [0.15, 0.2) is 0 Å². The van der Waals surface area contributed by atoms with Crippen molar-refractivity contribution in [2.75, 3.05) is 0 Å². The molecule has 63 valence electrons. The Labute approximate surface area is 74.9 Å². The van der Waals surface area contributed by atoms with E-state index in [2.05, 4.69) is 31.7 Å². The van der Waals surface area contributed by atoms with E-state index in [1.807, 2.05) is 12.1 Å². The fourth-order valence-corrected chi connectivity index (χ4v) is 1.28. The van der Waals surface area contributed by atoms with Gasteiger partial charge in [0, 0.05) is 0 Å². The summed E-state index contributed by atoms with van der Waals surface area (Å²) in [5.74, 6) is 0. The minimum atomic E-state index is 1.01. The molecule has 1 aromatic rings. The smallest absolute Gasteiger partial charge is 0.0230 e. The fourth-order valence-electron chi connectivity index (χ4n) is 1.28. The first kappa shape index (κ1) is 9.05. The van der Waals surface area contributed by atoms with E-state index in [-0.39, 0.29) is 0 Å². The molecule has 0 atom stereocenters. The summed E-state index contributed by atoms with van der Waals surface area (Å²) in [5, 5.41) is 0. The van der Waals surface area contributed by atoms with Crippen molar-refractivity contribution in [3.63, 3.8) is 0 Å². The molecule has 0 saturated heterocycles. The van der Waals surface area contributed by atoms with Crippen LogP contribution in [0.1, 0.15) is 24.0 Å². The molecule has 0 saturated carbocycles. The minimum absolute atomic E-state index is 1.01. The van der Waals surface area contributed by atoms with E-state index in [9.17, 15) is 0 Å². The van der Waals surface area contributed by atoms with Gasteiger partial charge in [-0.3, -0.25) is 0 Å². The van der Waals surface area contributed by atoms with Gasteiger partial charge in [-0.15, -0.1) is 0 Å². The van der Waals surface area contributed by atoms with E-state index < -0.39 is 0 Å². The Balaban J connectivity index is 2.75. The molecule has 12 heavy (non-hydrogen) atoms. The zero-order valence-electron chi connectivity index (χ0n) is 7.42. The molecule has 0 aliphatic heterocycles. The average Bonchev–Trinajstić information content (AvgIpc) is 2.15. The van der Waals surface area contributed by atoms with Crippen LogP contribution < -0.4 is 0 Å². The molecular weight excluding hydrogens is 144 g/mol. The van der Waals surface area contributed by atoms with Gasteiger partial charge in [-0.2, -0.15) is 0 Å². The highest BCUT2D eigenvalue weighted by atomic mass is 14.0. The van der Waals surface area contributed by atoms with Gasteiger partial charge in [0.25, 0.3) is 0 Å². The summed E-state index contributed by atoms with van der Waals surface area (Å²) in [7, 11) is 0. The number of rotatable bonds is 4. The quantitative estimate of drug-likeness (QED) is 0.631. The Hall–Kier alpha value is -1.04. The molecule has 0 aromatic heterocycles. The van der Waals surface area contributed by atoms with Gasteiger partial charge < -0.3 is 0 Å². The van der Waals surface area contributed by atoms with Crippen LogP contribution in [0.3, 0.4) is 0 Å². The van der Waals surface area contributed by atoms with Gasteiger partial charge >= 0.3 is 0 Å². The maximum Gasteiger partial charge on any atom is -0.0230 e. The van der Waals surface area contributed by atoms with E-state index in [0.29, 0.717) is 0 Å². The third-order valence-electron chi connectivity index (χ3n) is 1.97. The van der Waals surface area contributed by atoms with Gasteiger partial charge in [0.2, 0.25) is 0 Å². The van der Waals surface area contributed by atoms with Crippen LogP contribution in [0.4, 0.5) is 0 Å². The van der Waals surface area contributed by atoms with Crippen molar-refractivity contribution in [2.24, 2.45) is 0 Å². The summed E-state index contributed by atoms with van der Waals surface area (Å²) in [4.78, 5) is 0. The van der Waals surface area contributed by atoms with Crippen LogP contribution in [-0.2, 0) is 6.42 Å². The van der Waals surface area contributed by atoms with Crippen molar-refractivity contribution in [3.8, 4) is 0 Å². The largest absolute Gasteiger partial charge is 0.0985 e. The molecule has 0 N–H and O–H groups in total. The first-order chi connectivity index (χ1) is 5.88. The second kappa shape index (κ2) is 4.76. The molecule has 1 rings (SSSR count). The number of unbranched alkanes of at least 4 members (excludes halogenated alkanes) is 1. The molecule has 0 unspecified atom stereocenters. The van der Waals surface area contributed by atoms with Crippen LogP contribution >= 0.6 is 0 Å². The molecule has 0 nitrogen and oxygen atoms in total. The zero-order chi connectivity index (χ0) is 8.81. The summed E-state index contributed by atoms with van der Waals surface area (Å²) < 4.78 is 0. The summed E-state index contributed by atoms with van der Waals surface area (Å²) in [6, 6.07) is 8.38. The summed E-state index contributed by atoms with van der Waals surface area (Å²) in [5.41, 5.74) is 2.64. The lowest BCUT2D eigenvalue weighted by Crippen LogP contribution is -1.87. The lowest BCUT2D eigenvalue weighted by molar-refractivity contribution is 0.839. The van der Waals surface area contributed by atoms with Crippen LogP contribution in [0.15, 0.2) is 30.8 Å². The van der Waals surface area contributed by atoms with Gasteiger partial charge in [0.1, 0.15) is 0 Å². The topological polar surface area (TPSA) is 0 Å². The third kappa shape index (κ3) is 2.23. The molecular formula is C12H15. The molecule has 0 fully saturated rings. The maximum absolute atomic E-state index is 3.83. The first-order valence-corrected chi connectivity index (χ1v) is 4.38. The molecule has 0 amide bonds. The second-order valence-electron chi connectivity index (χ2n) is 2.86. The van der Waals surface area contributed by atoms with Crippen LogP contribution in [0.2, 0.25) is 0 Å². The second-order valence-corrected chi connectivity index (χ2v) is 2.86. The number of hydrogen-bond acceptors (Lipinski definition) is 0. The highest BCUT2D eigenvalue weighted by Crippen LogP contribution is 2.12. The lowest BCUT2D eigenvalue weighted by atomic mass is 10.0. The monoisotopic (exact) mass is 159 g/mol. The van der Waals surface area contributed by atoms with Crippen LogP contribution in [-0.4, -0.2) is 0 Å². The standard InChI is InChI=1S/C12H15/c1-3-5-8-12-10-7-6-9-11(12)4-2/h4,6-7,9-10H,1-3,5,8H2. The third-order valence-corrected chi connectivity index (χ3v) is 1.97. The SMILES string of the molecule is [CH2]CCCc1ccccc1C=C. The van der Waals surface area contributed by atoms with Crippen molar-refractivity contribution in [1.82, 2.24) is 0 Å². The van der Waals surface area contributed by atoms with Crippen molar-refractivity contribution < 1.29 is 0 Å². The summed E-state index contributed by atoms with van der Waals surface area (Å²) in [6.45, 7) is 7.61. The van der Waals surface area contributed by atoms with Crippen LogP contribution in [0.25, 0.3) is 6.08 Å². The minimum Gasteiger partial charge on any atom is -0.0985 e. The molecule has 0 aliphatic rings. The van der Waals surface area contributed by atoms with Gasteiger partial charge in [0.05, 0.1) is 0 Å². The van der Waals surface area contributed by atoms with Crippen LogP contribution in [0.5, 0.6) is 0 Å².